The molecule has 5 nitrogen and oxygen atoms in total. The molecular formula is C18H26ClN3O2S. The quantitative estimate of drug-likeness (QED) is 0.767. The molecule has 2 rings (SSSR count). The number of hydrogen-bond donors (Lipinski definition) is 1. The number of nitrogens with one attached hydrogen (secondary N) is 1. The summed E-state index contributed by atoms with van der Waals surface area (Å²) in [4.78, 5) is 27.2. The van der Waals surface area contributed by atoms with Crippen LogP contribution in [-0.2, 0) is 10.5 Å². The second kappa shape index (κ2) is 10.6. The summed E-state index contributed by atoms with van der Waals surface area (Å²) < 4.78 is 0. The van der Waals surface area contributed by atoms with Crippen molar-refractivity contribution < 1.29 is 9.59 Å². The van der Waals surface area contributed by atoms with Gasteiger partial charge >= 0.3 is 6.03 Å². The Morgan fingerprint density at radius 3 is 2.64 bits per heavy atom. The van der Waals surface area contributed by atoms with E-state index in [1.807, 2.05) is 36.0 Å². The van der Waals surface area contributed by atoms with E-state index in [9.17, 15) is 9.59 Å². The van der Waals surface area contributed by atoms with Crippen molar-refractivity contribution in [3.05, 3.63) is 34.9 Å². The van der Waals surface area contributed by atoms with Crippen molar-refractivity contribution in [1.82, 2.24) is 15.1 Å². The first-order valence-corrected chi connectivity index (χ1v) is 10.2. The Labute approximate surface area is 159 Å². The van der Waals surface area contributed by atoms with Crippen molar-refractivity contribution in [2.24, 2.45) is 0 Å². The van der Waals surface area contributed by atoms with Gasteiger partial charge in [0.1, 0.15) is 0 Å². The van der Waals surface area contributed by atoms with Gasteiger partial charge in [-0.15, -0.1) is 0 Å². The summed E-state index contributed by atoms with van der Waals surface area (Å²) in [5, 5.41) is 3.79. The van der Waals surface area contributed by atoms with E-state index in [1.54, 1.807) is 16.7 Å². The van der Waals surface area contributed by atoms with Gasteiger partial charge < -0.3 is 15.1 Å². The van der Waals surface area contributed by atoms with Crippen molar-refractivity contribution in [3.8, 4) is 0 Å². The summed E-state index contributed by atoms with van der Waals surface area (Å²) in [5.41, 5.74) is 1.15. The van der Waals surface area contributed by atoms with Crippen LogP contribution in [0.4, 0.5) is 4.79 Å². The van der Waals surface area contributed by atoms with E-state index in [2.05, 4.69) is 5.32 Å². The molecule has 25 heavy (non-hydrogen) atoms. The Morgan fingerprint density at radius 1 is 1.16 bits per heavy atom. The first-order chi connectivity index (χ1) is 12.1. The largest absolute Gasteiger partial charge is 0.341 e. The maximum Gasteiger partial charge on any atom is 0.317 e. The van der Waals surface area contributed by atoms with Gasteiger partial charge in [0.25, 0.3) is 0 Å². The third-order valence-corrected chi connectivity index (χ3v) is 5.65. The predicted molar refractivity (Wildman–Crippen MR) is 104 cm³/mol. The van der Waals surface area contributed by atoms with Crippen molar-refractivity contribution in [2.45, 2.75) is 25.5 Å². The molecule has 0 atom stereocenters. The number of urea groups is 1. The lowest BCUT2D eigenvalue weighted by molar-refractivity contribution is -0.128. The molecule has 1 aromatic carbocycles. The van der Waals surface area contributed by atoms with Crippen molar-refractivity contribution in [3.63, 3.8) is 0 Å². The lowest BCUT2D eigenvalue weighted by Gasteiger charge is -2.21. The molecule has 1 saturated heterocycles. The Hall–Kier alpha value is -1.40. The molecule has 7 heteroatoms. The van der Waals surface area contributed by atoms with Gasteiger partial charge in [0.2, 0.25) is 5.91 Å². The molecule has 1 aliphatic rings. The Kier molecular flexibility index (Phi) is 8.41. The van der Waals surface area contributed by atoms with Crippen LogP contribution in [-0.4, -0.2) is 60.2 Å². The number of benzene rings is 1. The second-order valence-electron chi connectivity index (χ2n) is 6.08. The topological polar surface area (TPSA) is 52.7 Å². The van der Waals surface area contributed by atoms with Gasteiger partial charge in [0, 0.05) is 50.4 Å². The maximum atomic E-state index is 12.2. The van der Waals surface area contributed by atoms with Gasteiger partial charge in [-0.2, -0.15) is 11.8 Å². The SMILES string of the molecule is CC(=O)N1CCCN(C(=O)NCCCSCc2ccccc2Cl)CC1. The Bertz CT molecular complexity index is 585. The lowest BCUT2D eigenvalue weighted by atomic mass is 10.2. The van der Waals surface area contributed by atoms with Gasteiger partial charge in [-0.05, 0) is 30.2 Å². The van der Waals surface area contributed by atoms with E-state index in [0.717, 1.165) is 41.5 Å². The summed E-state index contributed by atoms with van der Waals surface area (Å²) in [6, 6.07) is 7.86. The minimum absolute atomic E-state index is 0.0264. The molecule has 138 valence electrons. The number of nitrogens with zero attached hydrogens (tertiary/aromatic N) is 2. The molecule has 1 fully saturated rings. The molecule has 0 aliphatic carbocycles. The number of rotatable bonds is 6. The fraction of sp³-hybridized carbons (Fsp3) is 0.556. The highest BCUT2D eigenvalue weighted by molar-refractivity contribution is 7.98. The monoisotopic (exact) mass is 383 g/mol. The number of hydrogen-bond acceptors (Lipinski definition) is 3. The minimum Gasteiger partial charge on any atom is -0.341 e. The fourth-order valence-electron chi connectivity index (χ4n) is 2.71. The number of amides is 3. The zero-order chi connectivity index (χ0) is 18.1. The maximum absolute atomic E-state index is 12.2. The molecule has 3 amide bonds. The van der Waals surface area contributed by atoms with E-state index in [4.69, 9.17) is 11.6 Å². The summed E-state index contributed by atoms with van der Waals surface area (Å²) in [5.74, 6) is 1.95. The Morgan fingerprint density at radius 2 is 1.88 bits per heavy atom. The number of carbonyl (C=O) groups excluding carboxylic acids is 2. The first-order valence-electron chi connectivity index (χ1n) is 8.67. The van der Waals surface area contributed by atoms with Crippen LogP contribution in [0.3, 0.4) is 0 Å². The third-order valence-electron chi connectivity index (χ3n) is 4.19. The van der Waals surface area contributed by atoms with Crippen LogP contribution in [0.1, 0.15) is 25.3 Å². The van der Waals surface area contributed by atoms with Crippen molar-refractivity contribution in [1.29, 1.82) is 0 Å². The summed E-state index contributed by atoms with van der Waals surface area (Å²) in [7, 11) is 0. The highest BCUT2D eigenvalue weighted by Gasteiger charge is 2.19. The highest BCUT2D eigenvalue weighted by Crippen LogP contribution is 2.20. The molecule has 0 unspecified atom stereocenters. The van der Waals surface area contributed by atoms with Gasteiger partial charge in [-0.1, -0.05) is 29.8 Å². The van der Waals surface area contributed by atoms with E-state index in [-0.39, 0.29) is 11.9 Å². The summed E-state index contributed by atoms with van der Waals surface area (Å²) >= 11 is 7.96. The molecule has 0 radical (unpaired) electrons. The fourth-order valence-corrected chi connectivity index (χ4v) is 3.96. The highest BCUT2D eigenvalue weighted by atomic mass is 35.5. The molecule has 1 N–H and O–H groups in total. The molecule has 1 aliphatic heterocycles. The van der Waals surface area contributed by atoms with E-state index in [1.165, 1.54) is 0 Å². The van der Waals surface area contributed by atoms with Crippen molar-refractivity contribution >= 4 is 35.3 Å². The zero-order valence-electron chi connectivity index (χ0n) is 14.7. The van der Waals surface area contributed by atoms with Gasteiger partial charge in [0.15, 0.2) is 0 Å². The molecule has 1 heterocycles. The Balaban J connectivity index is 1.59. The molecule has 0 spiro atoms. The van der Waals surface area contributed by atoms with Gasteiger partial charge in [-0.25, -0.2) is 4.79 Å². The van der Waals surface area contributed by atoms with Crippen LogP contribution >= 0.6 is 23.4 Å². The average molecular weight is 384 g/mol. The van der Waals surface area contributed by atoms with Crippen molar-refractivity contribution in [2.75, 3.05) is 38.5 Å². The van der Waals surface area contributed by atoms with E-state index in [0.29, 0.717) is 26.2 Å². The summed E-state index contributed by atoms with van der Waals surface area (Å²) in [6.45, 7) is 4.91. The van der Waals surface area contributed by atoms with Crippen LogP contribution < -0.4 is 5.32 Å². The second-order valence-corrected chi connectivity index (χ2v) is 7.59. The van der Waals surface area contributed by atoms with Crippen LogP contribution in [0.2, 0.25) is 5.02 Å². The van der Waals surface area contributed by atoms with E-state index >= 15 is 0 Å². The molecule has 0 aromatic heterocycles. The minimum atomic E-state index is -0.0264. The normalized spacial score (nSPS) is 15.0. The molecule has 0 bridgehead atoms. The van der Waals surface area contributed by atoms with Gasteiger partial charge in [0.05, 0.1) is 0 Å². The smallest absolute Gasteiger partial charge is 0.317 e. The number of carbonyl (C=O) groups is 2. The van der Waals surface area contributed by atoms with Crippen LogP contribution in [0.5, 0.6) is 0 Å². The number of thioether (sulfide) groups is 1. The van der Waals surface area contributed by atoms with Crippen LogP contribution in [0.15, 0.2) is 24.3 Å². The first kappa shape index (κ1) is 19.9. The number of halogens is 1. The average Bonchev–Trinajstić information content (AvgIpc) is 2.85. The zero-order valence-corrected chi connectivity index (χ0v) is 16.2. The van der Waals surface area contributed by atoms with Crippen LogP contribution in [0, 0.1) is 0 Å². The molecular weight excluding hydrogens is 358 g/mol. The third kappa shape index (κ3) is 6.78. The molecule has 1 aromatic rings. The molecule has 0 saturated carbocycles. The lowest BCUT2D eigenvalue weighted by Crippen LogP contribution is -2.42. The van der Waals surface area contributed by atoms with E-state index < -0.39 is 0 Å². The standard InChI is InChI=1S/C18H26ClN3O2S/c1-15(23)21-9-5-10-22(12-11-21)18(24)20-8-4-13-25-14-16-6-2-3-7-17(16)19/h2-3,6-7H,4-5,8-14H2,1H3,(H,20,24). The van der Waals surface area contributed by atoms with Crippen LogP contribution in [0.25, 0.3) is 0 Å². The predicted octanol–water partition coefficient (Wildman–Crippen LogP) is 3.23. The summed E-state index contributed by atoms with van der Waals surface area (Å²) in [6.07, 6.45) is 1.76. The van der Waals surface area contributed by atoms with Gasteiger partial charge in [-0.3, -0.25) is 4.79 Å².